The van der Waals surface area contributed by atoms with Crippen molar-refractivity contribution >= 4 is 23.3 Å². The number of unbranched alkanes of at least 4 members (excludes halogenated alkanes) is 19. The Labute approximate surface area is 343 Å². The van der Waals surface area contributed by atoms with Crippen molar-refractivity contribution in [1.82, 2.24) is 4.90 Å². The lowest BCUT2D eigenvalue weighted by Crippen LogP contribution is -2.37. The number of nitrogens with zero attached hydrogens (tertiary/aromatic N) is 1. The molecule has 0 spiro atoms. The molecule has 0 aliphatic carbocycles. The molecule has 0 radical (unpaired) electrons. The van der Waals surface area contributed by atoms with E-state index in [4.69, 9.17) is 9.47 Å². The van der Waals surface area contributed by atoms with Gasteiger partial charge in [0.05, 0.1) is 6.10 Å². The van der Waals surface area contributed by atoms with E-state index in [2.05, 4.69) is 36.3 Å². The summed E-state index contributed by atoms with van der Waals surface area (Å²) in [5.74, 6) is -0.0900. The van der Waals surface area contributed by atoms with E-state index in [0.717, 1.165) is 116 Å². The van der Waals surface area contributed by atoms with Crippen LogP contribution in [0.25, 0.3) is 0 Å². The average molecular weight is 790 g/mol. The van der Waals surface area contributed by atoms with Gasteiger partial charge in [-0.25, -0.2) is 0 Å². The molecule has 0 aliphatic rings. The number of rotatable bonds is 41. The van der Waals surface area contributed by atoms with Gasteiger partial charge < -0.3 is 25.0 Å². The summed E-state index contributed by atoms with van der Waals surface area (Å²) in [6.45, 7) is 12.2. The van der Waals surface area contributed by atoms with Gasteiger partial charge in [0.1, 0.15) is 17.5 Å². The van der Waals surface area contributed by atoms with Crippen molar-refractivity contribution in [2.45, 2.75) is 233 Å². The fourth-order valence-corrected chi connectivity index (χ4v) is 7.58. The third kappa shape index (κ3) is 26.5. The van der Waals surface area contributed by atoms with E-state index in [1.54, 1.807) is 7.05 Å². The SMILES string of the molecule is CCCCCCCCC(CCCCCCC)OC(=O)CCCCCCCN(CCCCCC(=O)OC(C)CCCCCCC)CCCNc1c(NC)c(=O)c1=O. The van der Waals surface area contributed by atoms with Crippen molar-refractivity contribution in [2.75, 3.05) is 43.9 Å². The molecule has 1 aromatic carbocycles. The summed E-state index contributed by atoms with van der Waals surface area (Å²) in [7, 11) is 1.66. The Hall–Kier alpha value is -2.42. The number of carbonyl (C=O) groups excluding carboxylic acids is 2. The molecule has 0 saturated carbocycles. The Morgan fingerprint density at radius 2 is 0.929 bits per heavy atom. The quantitative estimate of drug-likeness (QED) is 0.0380. The zero-order chi connectivity index (χ0) is 41.1. The van der Waals surface area contributed by atoms with Gasteiger partial charge in [-0.15, -0.1) is 0 Å². The van der Waals surface area contributed by atoms with Crippen molar-refractivity contribution in [2.24, 2.45) is 0 Å². The van der Waals surface area contributed by atoms with E-state index < -0.39 is 10.9 Å². The first-order chi connectivity index (χ1) is 27.3. The second-order valence-corrected chi connectivity index (χ2v) is 16.5. The molecule has 9 heteroatoms. The Kier molecular flexibility index (Phi) is 32.9. The van der Waals surface area contributed by atoms with Gasteiger partial charge in [-0.2, -0.15) is 0 Å². The van der Waals surface area contributed by atoms with E-state index in [1.807, 2.05) is 6.92 Å². The van der Waals surface area contributed by atoms with Gasteiger partial charge in [-0.1, -0.05) is 130 Å². The van der Waals surface area contributed by atoms with Crippen LogP contribution in [0.2, 0.25) is 0 Å². The zero-order valence-electron chi connectivity index (χ0n) is 37.1. The Morgan fingerprint density at radius 3 is 1.46 bits per heavy atom. The first kappa shape index (κ1) is 51.6. The van der Waals surface area contributed by atoms with E-state index in [-0.39, 0.29) is 24.1 Å². The highest BCUT2D eigenvalue weighted by molar-refractivity contribution is 5.73. The highest BCUT2D eigenvalue weighted by Gasteiger charge is 2.19. The van der Waals surface area contributed by atoms with Gasteiger partial charge in [0, 0.05) is 26.4 Å². The minimum absolute atomic E-state index is 0.00247. The number of nitrogens with one attached hydrogen (secondary N) is 2. The molecular weight excluding hydrogens is 703 g/mol. The molecular formula is C47H87N3O6. The first-order valence-corrected chi connectivity index (χ1v) is 23.6. The number of esters is 2. The lowest BCUT2D eigenvalue weighted by Gasteiger charge is -2.23. The third-order valence-corrected chi connectivity index (χ3v) is 11.2. The van der Waals surface area contributed by atoms with Crippen LogP contribution in [-0.4, -0.2) is 62.3 Å². The van der Waals surface area contributed by atoms with Crippen LogP contribution in [0.1, 0.15) is 220 Å². The summed E-state index contributed by atoms with van der Waals surface area (Å²) in [6.07, 6.45) is 32.9. The summed E-state index contributed by atoms with van der Waals surface area (Å²) in [5.41, 5.74) is -0.104. The lowest BCUT2D eigenvalue weighted by atomic mass is 10.0. The standard InChI is InChI=1S/C47H87N3O6/c1-6-9-12-15-19-25-33-41(32-24-18-14-11-8-3)56-43(52)35-26-20-16-21-28-37-50(39-30-36-49-45-44(48-5)46(53)47(45)54)38-29-22-27-34-42(51)55-40(4)31-23-17-13-10-7-2/h40-41,48-49H,6-39H2,1-5H3. The number of carbonyl (C=O) groups is 2. The molecule has 1 rings (SSSR count). The highest BCUT2D eigenvalue weighted by atomic mass is 16.5. The van der Waals surface area contributed by atoms with Crippen molar-refractivity contribution in [3.05, 3.63) is 20.4 Å². The van der Waals surface area contributed by atoms with Gasteiger partial charge in [0.2, 0.25) is 0 Å². The van der Waals surface area contributed by atoms with E-state index in [9.17, 15) is 19.2 Å². The largest absolute Gasteiger partial charge is 0.463 e. The summed E-state index contributed by atoms with van der Waals surface area (Å²) in [4.78, 5) is 51.4. The normalized spacial score (nSPS) is 12.6. The molecule has 2 unspecified atom stereocenters. The van der Waals surface area contributed by atoms with Crippen LogP contribution in [-0.2, 0) is 19.1 Å². The maximum Gasteiger partial charge on any atom is 0.306 e. The molecule has 2 N–H and O–H groups in total. The highest BCUT2D eigenvalue weighted by Crippen LogP contribution is 2.19. The molecule has 0 saturated heterocycles. The molecule has 9 nitrogen and oxygen atoms in total. The maximum absolute atomic E-state index is 12.8. The van der Waals surface area contributed by atoms with Crippen molar-refractivity contribution in [1.29, 1.82) is 0 Å². The van der Waals surface area contributed by atoms with Gasteiger partial charge in [-0.3, -0.25) is 19.2 Å². The summed E-state index contributed by atoms with van der Waals surface area (Å²) in [5, 5.41) is 5.98. The van der Waals surface area contributed by atoms with E-state index in [1.165, 1.54) is 83.5 Å². The number of ether oxygens (including phenoxy) is 2. The summed E-state index contributed by atoms with van der Waals surface area (Å²) in [6, 6.07) is 0. The smallest absolute Gasteiger partial charge is 0.306 e. The third-order valence-electron chi connectivity index (χ3n) is 11.2. The molecule has 0 fully saturated rings. The molecule has 0 aromatic heterocycles. The average Bonchev–Trinajstić information content (AvgIpc) is 3.18. The molecule has 0 amide bonds. The second kappa shape index (κ2) is 35.7. The Morgan fingerprint density at radius 1 is 0.518 bits per heavy atom. The van der Waals surface area contributed by atoms with Crippen LogP contribution in [0.15, 0.2) is 9.59 Å². The Bertz CT molecular complexity index is 1170. The van der Waals surface area contributed by atoms with Gasteiger partial charge in [0.25, 0.3) is 10.9 Å². The molecule has 1 aromatic rings. The molecule has 56 heavy (non-hydrogen) atoms. The summed E-state index contributed by atoms with van der Waals surface area (Å²) >= 11 is 0. The van der Waals surface area contributed by atoms with Crippen molar-refractivity contribution in [3.8, 4) is 0 Å². The van der Waals surface area contributed by atoms with Crippen LogP contribution < -0.4 is 21.5 Å². The minimum Gasteiger partial charge on any atom is -0.463 e. The van der Waals surface area contributed by atoms with Crippen LogP contribution in [0, 0.1) is 0 Å². The van der Waals surface area contributed by atoms with Crippen molar-refractivity contribution < 1.29 is 19.1 Å². The van der Waals surface area contributed by atoms with E-state index in [0.29, 0.717) is 30.8 Å². The fourth-order valence-electron chi connectivity index (χ4n) is 7.58. The van der Waals surface area contributed by atoms with Gasteiger partial charge >= 0.3 is 11.9 Å². The number of anilines is 2. The molecule has 0 bridgehead atoms. The molecule has 2 atom stereocenters. The molecule has 0 heterocycles. The van der Waals surface area contributed by atoms with Crippen molar-refractivity contribution in [3.63, 3.8) is 0 Å². The van der Waals surface area contributed by atoms with Gasteiger partial charge in [0.15, 0.2) is 0 Å². The first-order valence-electron chi connectivity index (χ1n) is 23.6. The lowest BCUT2D eigenvalue weighted by molar-refractivity contribution is -0.150. The predicted molar refractivity (Wildman–Crippen MR) is 237 cm³/mol. The number of hydrogen-bond acceptors (Lipinski definition) is 9. The monoisotopic (exact) mass is 790 g/mol. The number of hydrogen-bond donors (Lipinski definition) is 2. The molecule has 326 valence electrons. The van der Waals surface area contributed by atoms with Crippen LogP contribution in [0.4, 0.5) is 11.4 Å². The topological polar surface area (TPSA) is 114 Å². The van der Waals surface area contributed by atoms with Gasteiger partial charge in [-0.05, 0) is 97.2 Å². The van der Waals surface area contributed by atoms with E-state index >= 15 is 0 Å². The fraction of sp³-hybridized carbons (Fsp3) is 0.872. The van der Waals surface area contributed by atoms with Crippen LogP contribution in [0.5, 0.6) is 0 Å². The maximum atomic E-state index is 12.8. The predicted octanol–water partition coefficient (Wildman–Crippen LogP) is 11.6. The van der Waals surface area contributed by atoms with Crippen LogP contribution >= 0.6 is 0 Å². The molecule has 0 aliphatic heterocycles. The minimum atomic E-state index is -0.449. The Balaban J connectivity index is 2.41. The van der Waals surface area contributed by atoms with Crippen LogP contribution in [0.3, 0.4) is 0 Å². The summed E-state index contributed by atoms with van der Waals surface area (Å²) < 4.78 is 11.7. The second-order valence-electron chi connectivity index (χ2n) is 16.5. The zero-order valence-corrected chi connectivity index (χ0v) is 37.1.